The summed E-state index contributed by atoms with van der Waals surface area (Å²) in [5, 5.41) is 16.0. The van der Waals surface area contributed by atoms with Gasteiger partial charge in [-0.2, -0.15) is 0 Å². The predicted molar refractivity (Wildman–Crippen MR) is 176 cm³/mol. The zero-order valence-corrected chi connectivity index (χ0v) is 27.2. The van der Waals surface area contributed by atoms with E-state index in [0.29, 0.717) is 29.5 Å². The topological polar surface area (TPSA) is 89.8 Å². The lowest BCUT2D eigenvalue weighted by Crippen LogP contribution is -2.65. The Kier molecular flexibility index (Phi) is 7.38. The fourth-order valence-corrected chi connectivity index (χ4v) is 9.48. The van der Waals surface area contributed by atoms with Gasteiger partial charge >= 0.3 is 5.97 Å². The highest BCUT2D eigenvalue weighted by molar-refractivity contribution is 6.03. The van der Waals surface area contributed by atoms with Gasteiger partial charge in [0.25, 0.3) is 0 Å². The summed E-state index contributed by atoms with van der Waals surface area (Å²) < 4.78 is 13.0. The first kappa shape index (κ1) is 30.1. The van der Waals surface area contributed by atoms with E-state index in [1.165, 1.54) is 31.9 Å². The molecule has 0 spiro atoms. The molecule has 2 N–H and O–H groups in total. The van der Waals surface area contributed by atoms with Crippen molar-refractivity contribution in [3.8, 4) is 17.0 Å². The molecule has 3 fully saturated rings. The number of amides is 1. The van der Waals surface area contributed by atoms with Crippen LogP contribution in [-0.2, 0) is 16.1 Å². The van der Waals surface area contributed by atoms with Crippen molar-refractivity contribution in [1.29, 1.82) is 0 Å². The first-order valence-electron chi connectivity index (χ1n) is 16.7. The van der Waals surface area contributed by atoms with Crippen LogP contribution in [0.15, 0.2) is 42.0 Å². The number of carbonyl (C=O) groups excluding carboxylic acids is 2. The summed E-state index contributed by atoms with van der Waals surface area (Å²) in [6.45, 7) is 7.08. The number of hydrogen-bond acceptors (Lipinski definition) is 5. The summed E-state index contributed by atoms with van der Waals surface area (Å²) in [4.78, 5) is 27.0. The molecule has 2 unspecified atom stereocenters. The van der Waals surface area contributed by atoms with Crippen molar-refractivity contribution >= 4 is 28.9 Å². The number of aromatic nitrogens is 1. The molecule has 2 heterocycles. The Bertz CT molecular complexity index is 1710. The van der Waals surface area contributed by atoms with E-state index < -0.39 is 6.10 Å². The van der Waals surface area contributed by atoms with Gasteiger partial charge in [-0.1, -0.05) is 46.1 Å². The van der Waals surface area contributed by atoms with Crippen LogP contribution in [0.5, 0.6) is 5.75 Å². The largest absolute Gasteiger partial charge is 0.497 e. The number of aliphatic hydroxyl groups is 1. The molecule has 3 aliphatic carbocycles. The van der Waals surface area contributed by atoms with Gasteiger partial charge in [-0.25, -0.2) is 4.79 Å². The second-order valence-corrected chi connectivity index (χ2v) is 14.8. The third-order valence-corrected chi connectivity index (χ3v) is 11.8. The molecule has 4 atom stereocenters. The van der Waals surface area contributed by atoms with Crippen molar-refractivity contribution in [3.05, 3.63) is 58.7 Å². The molecule has 1 amide bonds. The summed E-state index contributed by atoms with van der Waals surface area (Å²) in [7, 11) is 3.07. The van der Waals surface area contributed by atoms with Crippen LogP contribution in [0.2, 0.25) is 0 Å². The second-order valence-electron chi connectivity index (χ2n) is 14.8. The normalized spacial score (nSPS) is 27.2. The molecule has 1 aromatic heterocycles. The van der Waals surface area contributed by atoms with Crippen molar-refractivity contribution in [1.82, 2.24) is 9.88 Å². The average molecular weight is 611 g/mol. The maximum absolute atomic E-state index is 14.3. The standard InChI is InChI=1S/C38H46N2O5/c1-37(2)20-29(34(41)38(3)16-15-31(37)38)39-35(42)25-17-24-18-26(44-4)12-14-27(24)33-32(22-9-7-6-8-10-22)28-13-11-23(36(43)45-5)19-30(28)40(33)21-25/h11-14,17-19,22,29,31,34,41H,6-10,15-16,20-21H2,1-5H3,(H,39,42)/t29-,31?,34-,38?/m1/s1. The predicted octanol–water partition coefficient (Wildman–Crippen LogP) is 7.24. The van der Waals surface area contributed by atoms with Crippen LogP contribution in [0.4, 0.5) is 0 Å². The molecule has 7 rings (SSSR count). The van der Waals surface area contributed by atoms with Crippen LogP contribution in [0.3, 0.4) is 0 Å². The van der Waals surface area contributed by atoms with E-state index in [2.05, 4.69) is 42.8 Å². The van der Waals surface area contributed by atoms with Crippen LogP contribution in [0.1, 0.15) is 99.5 Å². The Balaban J connectivity index is 1.36. The summed E-state index contributed by atoms with van der Waals surface area (Å²) >= 11 is 0. The minimum absolute atomic E-state index is 0.0327. The molecule has 2 aromatic carbocycles. The molecule has 3 aromatic rings. The van der Waals surface area contributed by atoms with Gasteiger partial charge in [-0.05, 0) is 102 Å². The van der Waals surface area contributed by atoms with Gasteiger partial charge in [0.1, 0.15) is 5.75 Å². The number of nitrogens with one attached hydrogen (secondary N) is 1. The lowest BCUT2D eigenvalue weighted by atomic mass is 9.44. The molecule has 7 nitrogen and oxygen atoms in total. The minimum Gasteiger partial charge on any atom is -0.497 e. The van der Waals surface area contributed by atoms with E-state index in [1.54, 1.807) is 7.11 Å². The van der Waals surface area contributed by atoms with Gasteiger partial charge in [0, 0.05) is 22.0 Å². The summed E-state index contributed by atoms with van der Waals surface area (Å²) in [5.74, 6) is 1.04. The molecule has 3 saturated carbocycles. The highest BCUT2D eigenvalue weighted by Crippen LogP contribution is 2.62. The van der Waals surface area contributed by atoms with E-state index in [4.69, 9.17) is 9.47 Å². The molecule has 45 heavy (non-hydrogen) atoms. The van der Waals surface area contributed by atoms with E-state index >= 15 is 0 Å². The number of carbonyl (C=O) groups is 2. The van der Waals surface area contributed by atoms with Crippen molar-refractivity contribution in [3.63, 3.8) is 0 Å². The Hall–Kier alpha value is -3.58. The van der Waals surface area contributed by atoms with Crippen LogP contribution in [-0.4, -0.2) is 47.9 Å². The van der Waals surface area contributed by atoms with Crippen LogP contribution in [0.25, 0.3) is 28.2 Å². The maximum atomic E-state index is 14.3. The zero-order valence-electron chi connectivity index (χ0n) is 27.2. The fraction of sp³-hybridized carbons (Fsp3) is 0.526. The van der Waals surface area contributed by atoms with Crippen molar-refractivity contribution in [2.45, 2.75) is 96.7 Å². The number of aliphatic hydroxyl groups excluding tert-OH is 1. The first-order chi connectivity index (χ1) is 21.6. The number of ether oxygens (including phenoxy) is 2. The summed E-state index contributed by atoms with van der Waals surface area (Å²) in [6.07, 6.45) is 10.1. The van der Waals surface area contributed by atoms with E-state index in [9.17, 15) is 14.7 Å². The highest BCUT2D eigenvalue weighted by Gasteiger charge is 2.60. The molecular weight excluding hydrogens is 564 g/mol. The zero-order chi connectivity index (χ0) is 31.7. The lowest BCUT2D eigenvalue weighted by Gasteiger charge is -2.62. The number of hydrogen-bond donors (Lipinski definition) is 2. The van der Waals surface area contributed by atoms with Crippen molar-refractivity contribution in [2.75, 3.05) is 14.2 Å². The molecule has 4 aliphatic rings. The van der Waals surface area contributed by atoms with Gasteiger partial charge in [0.2, 0.25) is 5.91 Å². The number of rotatable bonds is 5. The molecule has 1 aliphatic heterocycles. The monoisotopic (exact) mass is 610 g/mol. The first-order valence-corrected chi connectivity index (χ1v) is 16.7. The van der Waals surface area contributed by atoms with Gasteiger partial charge < -0.3 is 24.5 Å². The lowest BCUT2D eigenvalue weighted by molar-refractivity contribution is -0.176. The Labute approximate surface area is 266 Å². The Morgan fingerprint density at radius 3 is 2.47 bits per heavy atom. The van der Waals surface area contributed by atoms with E-state index in [-0.39, 0.29) is 28.7 Å². The molecule has 0 radical (unpaired) electrons. The second kappa shape index (κ2) is 11.0. The summed E-state index contributed by atoms with van der Waals surface area (Å²) in [6, 6.07) is 11.6. The molecule has 7 heteroatoms. The Morgan fingerprint density at radius 2 is 1.78 bits per heavy atom. The van der Waals surface area contributed by atoms with E-state index in [1.807, 2.05) is 30.3 Å². The fourth-order valence-electron chi connectivity index (χ4n) is 9.48. The third-order valence-electron chi connectivity index (χ3n) is 11.8. The smallest absolute Gasteiger partial charge is 0.337 e. The third kappa shape index (κ3) is 4.81. The van der Waals surface area contributed by atoms with Gasteiger partial charge in [0.05, 0.1) is 44.2 Å². The van der Waals surface area contributed by atoms with Gasteiger partial charge in [-0.15, -0.1) is 0 Å². The number of nitrogens with zero attached hydrogens (tertiary/aromatic N) is 1. The van der Waals surface area contributed by atoms with Crippen LogP contribution in [0, 0.1) is 16.7 Å². The molecular formula is C38H46N2O5. The Morgan fingerprint density at radius 1 is 1.00 bits per heavy atom. The van der Waals surface area contributed by atoms with Gasteiger partial charge in [-0.3, -0.25) is 4.79 Å². The minimum atomic E-state index is -0.588. The van der Waals surface area contributed by atoms with E-state index in [0.717, 1.165) is 65.6 Å². The van der Waals surface area contributed by atoms with Crippen LogP contribution >= 0.6 is 0 Å². The average Bonchev–Trinajstić information content (AvgIpc) is 3.24. The quantitative estimate of drug-likeness (QED) is 0.297. The highest BCUT2D eigenvalue weighted by atomic mass is 16.5. The molecule has 238 valence electrons. The number of benzene rings is 2. The number of esters is 1. The maximum Gasteiger partial charge on any atom is 0.337 e. The number of fused-ring (bicyclic) bond motifs is 6. The number of methoxy groups -OCH3 is 2. The summed E-state index contributed by atoms with van der Waals surface area (Å²) in [5.41, 5.74) is 6.29. The van der Waals surface area contributed by atoms with Crippen LogP contribution < -0.4 is 10.1 Å². The van der Waals surface area contributed by atoms with Gasteiger partial charge in [0.15, 0.2) is 0 Å². The molecule has 0 bridgehead atoms. The SMILES string of the molecule is COC(=O)c1ccc2c(C3CCCCC3)c3n(c2c1)CC(C(=O)N[C@@H]1CC(C)(C)C2CCC2(C)[C@@H]1O)=Cc1cc(OC)ccc1-3. The van der Waals surface area contributed by atoms with Crippen molar-refractivity contribution in [2.24, 2.45) is 16.7 Å². The van der Waals surface area contributed by atoms with Crippen molar-refractivity contribution < 1.29 is 24.2 Å². The molecule has 0 saturated heterocycles.